The van der Waals surface area contributed by atoms with Gasteiger partial charge in [0.15, 0.2) is 11.5 Å². The quantitative estimate of drug-likeness (QED) is 0.834. The Balaban J connectivity index is 2.85. The number of methoxy groups -OCH3 is 1. The van der Waals surface area contributed by atoms with Crippen molar-refractivity contribution in [3.05, 3.63) is 23.8 Å². The number of likely N-dealkylation sites (N-methyl/N-ethyl adjacent to an activating group) is 1. The fraction of sp³-hybridized carbons (Fsp3) is 0.462. The lowest BCUT2D eigenvalue weighted by Crippen LogP contribution is -2.35. The van der Waals surface area contributed by atoms with E-state index in [9.17, 15) is 13.6 Å². The second-order valence-electron chi connectivity index (χ2n) is 4.29. The van der Waals surface area contributed by atoms with E-state index in [0.717, 1.165) is 5.56 Å². The molecular weight excluding hydrogens is 272 g/mol. The molecule has 1 aromatic carbocycles. The summed E-state index contributed by atoms with van der Waals surface area (Å²) >= 11 is 0. The van der Waals surface area contributed by atoms with Gasteiger partial charge in [-0.05, 0) is 31.7 Å². The lowest BCUT2D eigenvalue weighted by molar-refractivity contribution is -0.142. The van der Waals surface area contributed by atoms with Gasteiger partial charge in [-0.3, -0.25) is 9.69 Å². The van der Waals surface area contributed by atoms with Crippen LogP contribution in [-0.2, 0) is 11.3 Å². The average Bonchev–Trinajstić information content (AvgIpc) is 2.38. The van der Waals surface area contributed by atoms with Gasteiger partial charge in [0.1, 0.15) is 6.04 Å². The van der Waals surface area contributed by atoms with Gasteiger partial charge in [0.05, 0.1) is 7.11 Å². The summed E-state index contributed by atoms with van der Waals surface area (Å²) in [6.07, 6.45) is 0. The molecule has 112 valence electrons. The zero-order valence-corrected chi connectivity index (χ0v) is 11.5. The first-order valence-corrected chi connectivity index (χ1v) is 5.90. The highest BCUT2D eigenvalue weighted by molar-refractivity contribution is 5.72. The molecule has 0 bridgehead atoms. The van der Waals surface area contributed by atoms with Crippen LogP contribution in [0, 0.1) is 0 Å². The molecule has 1 N–H and O–H groups in total. The van der Waals surface area contributed by atoms with E-state index in [1.807, 2.05) is 0 Å². The highest BCUT2D eigenvalue weighted by atomic mass is 19.3. The monoisotopic (exact) mass is 289 g/mol. The summed E-state index contributed by atoms with van der Waals surface area (Å²) in [7, 11) is 3.01. The van der Waals surface area contributed by atoms with E-state index in [-0.39, 0.29) is 11.5 Å². The number of rotatable bonds is 7. The molecule has 0 amide bonds. The molecule has 0 saturated carbocycles. The van der Waals surface area contributed by atoms with Crippen LogP contribution in [0.5, 0.6) is 11.5 Å². The number of alkyl halides is 2. The molecule has 0 saturated heterocycles. The third kappa shape index (κ3) is 4.34. The minimum absolute atomic E-state index is 0.0554. The minimum Gasteiger partial charge on any atom is -0.493 e. The number of benzene rings is 1. The smallest absolute Gasteiger partial charge is 0.387 e. The molecule has 1 rings (SSSR count). The number of halogens is 2. The summed E-state index contributed by atoms with van der Waals surface area (Å²) in [6, 6.07) is 3.85. The first-order valence-electron chi connectivity index (χ1n) is 5.90. The molecule has 0 aliphatic rings. The van der Waals surface area contributed by atoms with Crippen molar-refractivity contribution in [2.75, 3.05) is 14.2 Å². The van der Waals surface area contributed by atoms with Crippen molar-refractivity contribution in [1.82, 2.24) is 4.90 Å². The van der Waals surface area contributed by atoms with Crippen LogP contribution in [-0.4, -0.2) is 42.8 Å². The van der Waals surface area contributed by atoms with Crippen LogP contribution in [0.25, 0.3) is 0 Å². The van der Waals surface area contributed by atoms with Gasteiger partial charge in [-0.2, -0.15) is 8.78 Å². The summed E-state index contributed by atoms with van der Waals surface area (Å²) in [5.41, 5.74) is 0.735. The fourth-order valence-corrected chi connectivity index (χ4v) is 1.62. The molecule has 1 atom stereocenters. The lowest BCUT2D eigenvalue weighted by atomic mass is 10.1. The Morgan fingerprint density at radius 2 is 2.05 bits per heavy atom. The van der Waals surface area contributed by atoms with Crippen LogP contribution in [0.15, 0.2) is 18.2 Å². The zero-order chi connectivity index (χ0) is 15.3. The molecule has 0 radical (unpaired) electrons. The molecule has 1 aromatic rings. The Morgan fingerprint density at radius 1 is 1.40 bits per heavy atom. The summed E-state index contributed by atoms with van der Waals surface area (Å²) in [5, 5.41) is 8.90. The van der Waals surface area contributed by atoms with Crippen LogP contribution in [0.4, 0.5) is 8.78 Å². The second-order valence-corrected chi connectivity index (χ2v) is 4.29. The van der Waals surface area contributed by atoms with Gasteiger partial charge in [-0.15, -0.1) is 0 Å². The molecular formula is C13H17F2NO4. The van der Waals surface area contributed by atoms with Crippen molar-refractivity contribution in [2.45, 2.75) is 26.1 Å². The Kier molecular flexibility index (Phi) is 5.69. The Bertz CT molecular complexity index is 468. The first kappa shape index (κ1) is 16.2. The topological polar surface area (TPSA) is 59.0 Å². The number of carbonyl (C=O) groups is 1. The van der Waals surface area contributed by atoms with Crippen LogP contribution < -0.4 is 9.47 Å². The van der Waals surface area contributed by atoms with Gasteiger partial charge >= 0.3 is 12.6 Å². The van der Waals surface area contributed by atoms with E-state index in [1.54, 1.807) is 31.0 Å². The summed E-state index contributed by atoms with van der Waals surface area (Å²) in [4.78, 5) is 12.5. The van der Waals surface area contributed by atoms with Crippen molar-refractivity contribution in [3.8, 4) is 11.5 Å². The maximum absolute atomic E-state index is 12.2. The number of ether oxygens (including phenoxy) is 2. The van der Waals surface area contributed by atoms with Crippen LogP contribution >= 0.6 is 0 Å². The minimum atomic E-state index is -2.93. The predicted octanol–water partition coefficient (Wildman–Crippen LogP) is 2.20. The standard InChI is InChI=1S/C13H17F2NO4/c1-8(12(17)18)16(2)7-9-4-5-10(20-13(14)15)11(6-9)19-3/h4-6,8,13H,7H2,1-3H3,(H,17,18). The molecule has 0 aliphatic heterocycles. The molecule has 7 heteroatoms. The molecule has 0 fully saturated rings. The summed E-state index contributed by atoms with van der Waals surface area (Å²) < 4.78 is 33.7. The van der Waals surface area contributed by atoms with Crippen molar-refractivity contribution >= 4 is 5.97 Å². The maximum Gasteiger partial charge on any atom is 0.387 e. The van der Waals surface area contributed by atoms with Crippen LogP contribution in [0.3, 0.4) is 0 Å². The molecule has 0 aliphatic carbocycles. The number of carboxylic acid groups (broad SMARTS) is 1. The largest absolute Gasteiger partial charge is 0.493 e. The number of nitrogens with zero attached hydrogens (tertiary/aromatic N) is 1. The molecule has 5 nitrogen and oxygen atoms in total. The van der Waals surface area contributed by atoms with Gasteiger partial charge < -0.3 is 14.6 Å². The van der Waals surface area contributed by atoms with Gasteiger partial charge in [0.2, 0.25) is 0 Å². The zero-order valence-electron chi connectivity index (χ0n) is 11.5. The van der Waals surface area contributed by atoms with Crippen molar-refractivity contribution in [1.29, 1.82) is 0 Å². The average molecular weight is 289 g/mol. The summed E-state index contributed by atoms with van der Waals surface area (Å²) in [5.74, 6) is -0.809. The molecule has 20 heavy (non-hydrogen) atoms. The van der Waals surface area contributed by atoms with Crippen LogP contribution in [0.1, 0.15) is 12.5 Å². The van der Waals surface area contributed by atoms with Crippen molar-refractivity contribution in [3.63, 3.8) is 0 Å². The number of aliphatic carboxylic acids is 1. The Labute approximate surface area is 115 Å². The molecule has 0 spiro atoms. The van der Waals surface area contributed by atoms with Crippen molar-refractivity contribution < 1.29 is 28.2 Å². The van der Waals surface area contributed by atoms with Crippen LogP contribution in [0.2, 0.25) is 0 Å². The number of hydrogen-bond acceptors (Lipinski definition) is 4. The molecule has 0 heterocycles. The van der Waals surface area contributed by atoms with E-state index in [0.29, 0.717) is 6.54 Å². The van der Waals surface area contributed by atoms with Crippen molar-refractivity contribution in [2.24, 2.45) is 0 Å². The van der Waals surface area contributed by atoms with Gasteiger partial charge in [0, 0.05) is 6.54 Å². The highest BCUT2D eigenvalue weighted by Gasteiger charge is 2.18. The fourth-order valence-electron chi connectivity index (χ4n) is 1.62. The van der Waals surface area contributed by atoms with E-state index in [2.05, 4.69) is 4.74 Å². The normalized spacial score (nSPS) is 12.6. The van der Waals surface area contributed by atoms with E-state index in [4.69, 9.17) is 9.84 Å². The van der Waals surface area contributed by atoms with Gasteiger partial charge in [-0.1, -0.05) is 6.07 Å². The molecule has 0 aromatic heterocycles. The number of carboxylic acids is 1. The second kappa shape index (κ2) is 7.04. The Hall–Kier alpha value is -1.89. The van der Waals surface area contributed by atoms with E-state index < -0.39 is 18.6 Å². The molecule has 1 unspecified atom stereocenters. The summed E-state index contributed by atoms with van der Waals surface area (Å²) in [6.45, 7) is -1.02. The lowest BCUT2D eigenvalue weighted by Gasteiger charge is -2.21. The SMILES string of the molecule is COc1cc(CN(C)C(C)C(=O)O)ccc1OC(F)F. The highest BCUT2D eigenvalue weighted by Crippen LogP contribution is 2.29. The third-order valence-electron chi connectivity index (χ3n) is 2.89. The Morgan fingerprint density at radius 3 is 2.55 bits per heavy atom. The maximum atomic E-state index is 12.2. The first-order chi connectivity index (χ1) is 9.35. The van der Waals surface area contributed by atoms with E-state index >= 15 is 0 Å². The van der Waals surface area contributed by atoms with Gasteiger partial charge in [-0.25, -0.2) is 0 Å². The predicted molar refractivity (Wildman–Crippen MR) is 68.2 cm³/mol. The van der Waals surface area contributed by atoms with E-state index in [1.165, 1.54) is 13.2 Å². The third-order valence-corrected chi connectivity index (χ3v) is 2.89. The van der Waals surface area contributed by atoms with Gasteiger partial charge in [0.25, 0.3) is 0 Å². The number of hydrogen-bond donors (Lipinski definition) is 1.